The molecular formula is C19H19N3O5S2. The summed E-state index contributed by atoms with van der Waals surface area (Å²) in [5.74, 6) is -0.557. The van der Waals surface area contributed by atoms with Gasteiger partial charge in [0, 0.05) is 11.9 Å². The highest BCUT2D eigenvalue weighted by atomic mass is 32.2. The number of benzene rings is 1. The number of sulfone groups is 1. The van der Waals surface area contributed by atoms with Gasteiger partial charge in [0.1, 0.15) is 0 Å². The molecular weight excluding hydrogens is 414 g/mol. The number of amides is 2. The quantitative estimate of drug-likeness (QED) is 0.501. The molecule has 29 heavy (non-hydrogen) atoms. The average Bonchev–Trinajstić information content (AvgIpc) is 3.38. The van der Waals surface area contributed by atoms with E-state index in [4.69, 9.17) is 4.42 Å². The molecule has 152 valence electrons. The SMILES string of the molecule is O=C(Cc1csc(NC(=O)c2ccco2)n1)NCCCS(=O)(=O)c1ccccc1. The van der Waals surface area contributed by atoms with Crippen LogP contribution >= 0.6 is 11.3 Å². The predicted octanol–water partition coefficient (Wildman–Crippen LogP) is 2.51. The summed E-state index contributed by atoms with van der Waals surface area (Å²) in [6, 6.07) is 11.4. The number of hydrogen-bond acceptors (Lipinski definition) is 7. The van der Waals surface area contributed by atoms with Gasteiger partial charge in [-0.3, -0.25) is 14.9 Å². The maximum absolute atomic E-state index is 12.2. The van der Waals surface area contributed by atoms with Crippen molar-refractivity contribution in [2.75, 3.05) is 17.6 Å². The highest BCUT2D eigenvalue weighted by Gasteiger charge is 2.15. The second-order valence-electron chi connectivity index (χ2n) is 6.09. The van der Waals surface area contributed by atoms with Gasteiger partial charge in [0.25, 0.3) is 5.91 Å². The third-order valence-corrected chi connectivity index (χ3v) is 6.50. The molecule has 0 atom stereocenters. The molecule has 0 saturated carbocycles. The molecule has 2 N–H and O–H groups in total. The van der Waals surface area contributed by atoms with E-state index >= 15 is 0 Å². The molecule has 2 amide bonds. The highest BCUT2D eigenvalue weighted by molar-refractivity contribution is 7.91. The van der Waals surface area contributed by atoms with Crippen molar-refractivity contribution in [2.45, 2.75) is 17.7 Å². The van der Waals surface area contributed by atoms with Gasteiger partial charge < -0.3 is 9.73 Å². The third kappa shape index (κ3) is 6.00. The normalized spacial score (nSPS) is 11.2. The van der Waals surface area contributed by atoms with E-state index in [1.165, 1.54) is 23.7 Å². The zero-order valence-corrected chi connectivity index (χ0v) is 17.0. The van der Waals surface area contributed by atoms with Crippen LogP contribution in [0.1, 0.15) is 22.7 Å². The Hall–Kier alpha value is -2.98. The number of carbonyl (C=O) groups excluding carboxylic acids is 2. The first-order chi connectivity index (χ1) is 13.9. The number of carbonyl (C=O) groups is 2. The van der Waals surface area contributed by atoms with E-state index in [0.29, 0.717) is 17.2 Å². The van der Waals surface area contributed by atoms with Crippen LogP contribution in [0.4, 0.5) is 5.13 Å². The molecule has 0 saturated heterocycles. The molecule has 2 aromatic heterocycles. The van der Waals surface area contributed by atoms with Crippen molar-refractivity contribution in [2.24, 2.45) is 0 Å². The summed E-state index contributed by atoms with van der Waals surface area (Å²) in [5, 5.41) is 7.33. The Kier molecular flexibility index (Phi) is 6.78. The molecule has 0 radical (unpaired) electrons. The minimum atomic E-state index is -3.35. The molecule has 0 spiro atoms. The van der Waals surface area contributed by atoms with Crippen molar-refractivity contribution in [1.29, 1.82) is 0 Å². The number of anilines is 1. The van der Waals surface area contributed by atoms with Gasteiger partial charge in [0.2, 0.25) is 5.91 Å². The van der Waals surface area contributed by atoms with Crippen molar-refractivity contribution >= 4 is 38.1 Å². The molecule has 3 rings (SSSR count). The second-order valence-corrected chi connectivity index (χ2v) is 9.05. The first-order valence-electron chi connectivity index (χ1n) is 8.78. The molecule has 0 unspecified atom stereocenters. The smallest absolute Gasteiger partial charge is 0.293 e. The van der Waals surface area contributed by atoms with E-state index in [1.807, 2.05) is 0 Å². The van der Waals surface area contributed by atoms with Crippen LogP contribution in [0.5, 0.6) is 0 Å². The summed E-state index contributed by atoms with van der Waals surface area (Å²) in [7, 11) is -3.35. The highest BCUT2D eigenvalue weighted by Crippen LogP contribution is 2.17. The maximum atomic E-state index is 12.2. The van der Waals surface area contributed by atoms with Gasteiger partial charge >= 0.3 is 0 Å². The molecule has 0 aliphatic rings. The van der Waals surface area contributed by atoms with Crippen LogP contribution in [0.3, 0.4) is 0 Å². The Morgan fingerprint density at radius 3 is 2.62 bits per heavy atom. The Balaban J connectivity index is 1.41. The van der Waals surface area contributed by atoms with Gasteiger partial charge in [-0.2, -0.15) is 0 Å². The second kappa shape index (κ2) is 9.48. The fraction of sp³-hybridized carbons (Fsp3) is 0.211. The molecule has 0 fully saturated rings. The number of nitrogens with one attached hydrogen (secondary N) is 2. The molecule has 1 aromatic carbocycles. The Morgan fingerprint density at radius 1 is 1.10 bits per heavy atom. The van der Waals surface area contributed by atoms with Gasteiger partial charge in [0.05, 0.1) is 29.0 Å². The van der Waals surface area contributed by atoms with Crippen LogP contribution in [0.25, 0.3) is 0 Å². The van der Waals surface area contributed by atoms with Gasteiger partial charge in [-0.25, -0.2) is 13.4 Å². The van der Waals surface area contributed by atoms with Crippen LogP contribution in [-0.2, 0) is 21.1 Å². The monoisotopic (exact) mass is 433 g/mol. The summed E-state index contributed by atoms with van der Waals surface area (Å²) in [6.45, 7) is 0.247. The van der Waals surface area contributed by atoms with Crippen LogP contribution in [0.2, 0.25) is 0 Å². The number of hydrogen-bond donors (Lipinski definition) is 2. The van der Waals surface area contributed by atoms with Gasteiger partial charge in [-0.1, -0.05) is 18.2 Å². The van der Waals surface area contributed by atoms with Crippen LogP contribution in [0.15, 0.2) is 63.4 Å². The number of aromatic nitrogens is 1. The molecule has 0 aliphatic carbocycles. The topological polar surface area (TPSA) is 118 Å². The first kappa shape index (κ1) is 20.7. The molecule has 0 aliphatic heterocycles. The van der Waals surface area contributed by atoms with Gasteiger partial charge in [0.15, 0.2) is 20.7 Å². The molecule has 3 aromatic rings. The Bertz CT molecular complexity index is 1060. The summed E-state index contributed by atoms with van der Waals surface area (Å²) < 4.78 is 29.4. The van der Waals surface area contributed by atoms with Crippen molar-refractivity contribution in [3.05, 3.63) is 65.6 Å². The number of nitrogens with zero attached hydrogens (tertiary/aromatic N) is 1. The fourth-order valence-corrected chi connectivity index (χ4v) is 4.51. The largest absolute Gasteiger partial charge is 0.459 e. The van der Waals surface area contributed by atoms with Crippen molar-refractivity contribution in [1.82, 2.24) is 10.3 Å². The lowest BCUT2D eigenvalue weighted by Gasteiger charge is -2.06. The maximum Gasteiger partial charge on any atom is 0.293 e. The lowest BCUT2D eigenvalue weighted by molar-refractivity contribution is -0.120. The minimum Gasteiger partial charge on any atom is -0.459 e. The van der Waals surface area contributed by atoms with E-state index in [9.17, 15) is 18.0 Å². The Labute approximate surface area is 171 Å². The van der Waals surface area contributed by atoms with Crippen molar-refractivity contribution in [3.63, 3.8) is 0 Å². The summed E-state index contributed by atoms with van der Waals surface area (Å²) in [4.78, 5) is 28.4. The minimum absolute atomic E-state index is 0.0402. The van der Waals surface area contributed by atoms with Gasteiger partial charge in [-0.15, -0.1) is 11.3 Å². The molecule has 10 heteroatoms. The van der Waals surface area contributed by atoms with Crippen LogP contribution in [0, 0.1) is 0 Å². The molecule has 0 bridgehead atoms. The van der Waals surface area contributed by atoms with E-state index in [1.54, 1.807) is 41.8 Å². The lowest BCUT2D eigenvalue weighted by Crippen LogP contribution is -2.27. The van der Waals surface area contributed by atoms with Crippen molar-refractivity contribution in [3.8, 4) is 0 Å². The van der Waals surface area contributed by atoms with E-state index in [2.05, 4.69) is 15.6 Å². The summed E-state index contributed by atoms with van der Waals surface area (Å²) >= 11 is 1.20. The third-order valence-electron chi connectivity index (χ3n) is 3.87. The summed E-state index contributed by atoms with van der Waals surface area (Å²) in [6.07, 6.45) is 1.75. The summed E-state index contributed by atoms with van der Waals surface area (Å²) in [5.41, 5.74) is 0.513. The number of furan rings is 1. The van der Waals surface area contributed by atoms with Crippen LogP contribution in [-0.4, -0.2) is 37.5 Å². The number of thiazole rings is 1. The van der Waals surface area contributed by atoms with E-state index in [0.717, 1.165) is 0 Å². The van der Waals surface area contributed by atoms with Gasteiger partial charge in [-0.05, 0) is 30.7 Å². The van der Waals surface area contributed by atoms with E-state index in [-0.39, 0.29) is 35.3 Å². The first-order valence-corrected chi connectivity index (χ1v) is 11.3. The zero-order valence-electron chi connectivity index (χ0n) is 15.3. The number of rotatable bonds is 9. The molecule has 2 heterocycles. The standard InChI is InChI=1S/C19H19N3O5S2/c23-17(20-9-5-11-29(25,26)15-6-2-1-3-7-15)12-14-13-28-19(21-14)22-18(24)16-8-4-10-27-16/h1-4,6-8,10,13H,5,9,11-12H2,(H,20,23)(H,21,22,24). The van der Waals surface area contributed by atoms with E-state index < -0.39 is 15.7 Å². The molecule has 8 nitrogen and oxygen atoms in total. The fourth-order valence-electron chi connectivity index (χ4n) is 2.47. The lowest BCUT2D eigenvalue weighted by atomic mass is 10.3. The van der Waals surface area contributed by atoms with Crippen molar-refractivity contribution < 1.29 is 22.4 Å². The predicted molar refractivity (Wildman–Crippen MR) is 109 cm³/mol. The van der Waals surface area contributed by atoms with Crippen LogP contribution < -0.4 is 10.6 Å². The average molecular weight is 434 g/mol. The zero-order chi connectivity index (χ0) is 20.7. The Morgan fingerprint density at radius 2 is 1.90 bits per heavy atom.